The van der Waals surface area contributed by atoms with Crippen LogP contribution in [0.3, 0.4) is 0 Å². The van der Waals surface area contributed by atoms with E-state index in [1.54, 1.807) is 6.20 Å². The maximum atomic E-state index is 12.3. The molecule has 22 heavy (non-hydrogen) atoms. The summed E-state index contributed by atoms with van der Waals surface area (Å²) in [6, 6.07) is 0. The van der Waals surface area contributed by atoms with Gasteiger partial charge in [-0.25, -0.2) is 4.98 Å². The van der Waals surface area contributed by atoms with Gasteiger partial charge in [0, 0.05) is 44.6 Å². The van der Waals surface area contributed by atoms with Crippen molar-refractivity contribution in [1.82, 2.24) is 14.5 Å². The molecule has 1 aliphatic carbocycles. The molecule has 0 saturated heterocycles. The van der Waals surface area contributed by atoms with E-state index in [4.69, 9.17) is 9.47 Å². The molecule has 0 spiro atoms. The number of hydrogen-bond acceptors (Lipinski definition) is 4. The van der Waals surface area contributed by atoms with E-state index < -0.39 is 0 Å². The minimum Gasteiger partial charge on any atom is -0.381 e. The molecular weight excluding hydrogens is 282 g/mol. The van der Waals surface area contributed by atoms with Crippen molar-refractivity contribution in [2.75, 3.05) is 33.0 Å². The average molecular weight is 307 g/mol. The quantitative estimate of drug-likeness (QED) is 0.762. The van der Waals surface area contributed by atoms with Crippen LogP contribution in [0.25, 0.3) is 0 Å². The second kappa shape index (κ2) is 7.24. The smallest absolute Gasteiger partial charge is 0.248 e. The number of carbonyl (C=O) groups is 1. The first-order chi connectivity index (χ1) is 10.8. The lowest BCUT2D eigenvalue weighted by Crippen LogP contribution is -2.37. The van der Waals surface area contributed by atoms with E-state index in [0.29, 0.717) is 32.2 Å². The van der Waals surface area contributed by atoms with Crippen molar-refractivity contribution >= 4 is 5.91 Å². The number of carbonyl (C=O) groups excluding carboxylic acids is 1. The first-order valence-corrected chi connectivity index (χ1v) is 8.19. The van der Waals surface area contributed by atoms with Crippen LogP contribution in [-0.2, 0) is 27.4 Å². The fourth-order valence-electron chi connectivity index (χ4n) is 2.80. The van der Waals surface area contributed by atoms with Crippen molar-refractivity contribution in [2.45, 2.75) is 32.9 Å². The monoisotopic (exact) mass is 307 g/mol. The predicted molar refractivity (Wildman–Crippen MR) is 81.2 cm³/mol. The molecule has 1 aliphatic heterocycles. The molecule has 1 atom stereocenters. The first kappa shape index (κ1) is 15.5. The largest absolute Gasteiger partial charge is 0.381 e. The summed E-state index contributed by atoms with van der Waals surface area (Å²) in [5, 5.41) is 0. The summed E-state index contributed by atoms with van der Waals surface area (Å²) in [6.45, 7) is 6.29. The van der Waals surface area contributed by atoms with Crippen LogP contribution in [0.1, 0.15) is 25.6 Å². The number of aromatic nitrogens is 2. The van der Waals surface area contributed by atoms with E-state index in [1.165, 1.54) is 12.8 Å². The van der Waals surface area contributed by atoms with Crippen molar-refractivity contribution in [3.8, 4) is 0 Å². The van der Waals surface area contributed by atoms with Gasteiger partial charge in [0.15, 0.2) is 0 Å². The van der Waals surface area contributed by atoms with Gasteiger partial charge in [-0.05, 0) is 25.7 Å². The zero-order valence-corrected chi connectivity index (χ0v) is 13.2. The molecule has 1 unspecified atom stereocenters. The lowest BCUT2D eigenvalue weighted by Gasteiger charge is -2.24. The summed E-state index contributed by atoms with van der Waals surface area (Å²) in [4.78, 5) is 18.5. The number of amides is 1. The third-order valence-electron chi connectivity index (χ3n) is 4.25. The van der Waals surface area contributed by atoms with Gasteiger partial charge >= 0.3 is 0 Å². The molecule has 1 aromatic rings. The van der Waals surface area contributed by atoms with Crippen LogP contribution in [0.2, 0.25) is 0 Å². The zero-order valence-electron chi connectivity index (χ0n) is 13.2. The standard InChI is InChI=1S/C16H25N3O3/c1-2-21-12-16(20)19-8-14(11-22-10-13-3-4-13)7-18-6-5-17-15(18)9-19/h5-6,13-14H,2-4,7-12H2,1H3. The van der Waals surface area contributed by atoms with E-state index in [2.05, 4.69) is 9.55 Å². The predicted octanol–water partition coefficient (Wildman–Crippen LogP) is 1.30. The van der Waals surface area contributed by atoms with E-state index >= 15 is 0 Å². The Labute approximate surface area is 131 Å². The number of nitrogens with zero attached hydrogens (tertiary/aromatic N) is 3. The molecule has 2 aliphatic rings. The van der Waals surface area contributed by atoms with Crippen LogP contribution >= 0.6 is 0 Å². The number of imidazole rings is 1. The SMILES string of the molecule is CCOCC(=O)N1Cc2nccn2CC(COCC2CC2)C1. The van der Waals surface area contributed by atoms with Crippen LogP contribution < -0.4 is 0 Å². The lowest BCUT2D eigenvalue weighted by atomic mass is 10.1. The Hall–Kier alpha value is -1.40. The molecule has 0 radical (unpaired) electrons. The van der Waals surface area contributed by atoms with Crippen molar-refractivity contribution < 1.29 is 14.3 Å². The summed E-state index contributed by atoms with van der Waals surface area (Å²) >= 11 is 0. The maximum absolute atomic E-state index is 12.3. The molecule has 6 nitrogen and oxygen atoms in total. The van der Waals surface area contributed by atoms with Gasteiger partial charge in [0.05, 0.1) is 13.2 Å². The maximum Gasteiger partial charge on any atom is 0.248 e. The molecule has 0 bridgehead atoms. The van der Waals surface area contributed by atoms with Crippen molar-refractivity contribution in [1.29, 1.82) is 0 Å². The normalized spacial score (nSPS) is 21.5. The zero-order chi connectivity index (χ0) is 15.4. The Morgan fingerprint density at radius 2 is 2.09 bits per heavy atom. The van der Waals surface area contributed by atoms with Gasteiger partial charge in [0.2, 0.25) is 5.91 Å². The van der Waals surface area contributed by atoms with Crippen molar-refractivity contribution in [3.63, 3.8) is 0 Å². The number of hydrogen-bond donors (Lipinski definition) is 0. The molecule has 0 aromatic carbocycles. The summed E-state index contributed by atoms with van der Waals surface area (Å²) in [7, 11) is 0. The molecule has 122 valence electrons. The van der Waals surface area contributed by atoms with Crippen LogP contribution in [-0.4, -0.2) is 53.3 Å². The molecule has 0 N–H and O–H groups in total. The highest BCUT2D eigenvalue weighted by Gasteiger charge is 2.27. The summed E-state index contributed by atoms with van der Waals surface area (Å²) in [6.07, 6.45) is 6.39. The van der Waals surface area contributed by atoms with Crippen molar-refractivity contribution in [3.05, 3.63) is 18.2 Å². The molecule has 1 amide bonds. The summed E-state index contributed by atoms with van der Waals surface area (Å²) in [5.41, 5.74) is 0. The average Bonchev–Trinajstić information content (AvgIpc) is 3.27. The van der Waals surface area contributed by atoms with E-state index in [9.17, 15) is 4.79 Å². The van der Waals surface area contributed by atoms with Gasteiger partial charge in [0.1, 0.15) is 12.4 Å². The van der Waals surface area contributed by atoms with Gasteiger partial charge in [-0.1, -0.05) is 0 Å². The third-order valence-corrected chi connectivity index (χ3v) is 4.25. The minimum absolute atomic E-state index is 0.0329. The Kier molecular flexibility index (Phi) is 5.10. The molecule has 3 rings (SSSR count). The Bertz CT molecular complexity index is 499. The Morgan fingerprint density at radius 3 is 2.86 bits per heavy atom. The topological polar surface area (TPSA) is 56.6 Å². The third kappa shape index (κ3) is 4.08. The van der Waals surface area contributed by atoms with E-state index in [0.717, 1.165) is 24.9 Å². The first-order valence-electron chi connectivity index (χ1n) is 8.19. The van der Waals surface area contributed by atoms with Crippen LogP contribution in [0, 0.1) is 11.8 Å². The van der Waals surface area contributed by atoms with Crippen molar-refractivity contribution in [2.24, 2.45) is 11.8 Å². The highest BCUT2D eigenvalue weighted by molar-refractivity contribution is 5.77. The van der Waals surface area contributed by atoms with Gasteiger partial charge < -0.3 is 18.9 Å². The Balaban J connectivity index is 1.61. The molecule has 1 saturated carbocycles. The van der Waals surface area contributed by atoms with Crippen LogP contribution in [0.4, 0.5) is 0 Å². The number of ether oxygens (including phenoxy) is 2. The van der Waals surface area contributed by atoms with E-state index in [-0.39, 0.29) is 12.5 Å². The fraction of sp³-hybridized carbons (Fsp3) is 0.750. The van der Waals surface area contributed by atoms with Crippen LogP contribution in [0.15, 0.2) is 12.4 Å². The van der Waals surface area contributed by atoms with Gasteiger partial charge in [-0.3, -0.25) is 4.79 Å². The second-order valence-corrected chi connectivity index (χ2v) is 6.25. The number of fused-ring (bicyclic) bond motifs is 1. The summed E-state index contributed by atoms with van der Waals surface area (Å²) < 4.78 is 13.3. The second-order valence-electron chi connectivity index (χ2n) is 6.25. The van der Waals surface area contributed by atoms with Gasteiger partial charge in [0.25, 0.3) is 0 Å². The minimum atomic E-state index is 0.0329. The van der Waals surface area contributed by atoms with Crippen LogP contribution in [0.5, 0.6) is 0 Å². The molecular formula is C16H25N3O3. The van der Waals surface area contributed by atoms with E-state index in [1.807, 2.05) is 18.0 Å². The number of rotatable bonds is 7. The van der Waals surface area contributed by atoms with Gasteiger partial charge in [-0.2, -0.15) is 0 Å². The fourth-order valence-corrected chi connectivity index (χ4v) is 2.80. The van der Waals surface area contributed by atoms with Gasteiger partial charge in [-0.15, -0.1) is 0 Å². The molecule has 6 heteroatoms. The molecule has 1 fully saturated rings. The Morgan fingerprint density at radius 1 is 1.27 bits per heavy atom. The molecule has 2 heterocycles. The summed E-state index contributed by atoms with van der Waals surface area (Å²) in [5.74, 6) is 2.05. The molecule has 1 aromatic heterocycles. The highest BCUT2D eigenvalue weighted by Crippen LogP contribution is 2.29. The highest BCUT2D eigenvalue weighted by atomic mass is 16.5. The lowest BCUT2D eigenvalue weighted by molar-refractivity contribution is -0.137.